The molecule has 8 nitrogen and oxygen atoms in total. The average Bonchev–Trinajstić information content (AvgIpc) is 2.63. The van der Waals surface area contributed by atoms with Gasteiger partial charge in [0.1, 0.15) is 13.2 Å². The Morgan fingerprint density at radius 1 is 1.39 bits per heavy atom. The van der Waals surface area contributed by atoms with Crippen molar-refractivity contribution in [1.82, 2.24) is 10.6 Å². The van der Waals surface area contributed by atoms with E-state index in [1.54, 1.807) is 0 Å². The number of aliphatic carboxylic acids is 1. The van der Waals surface area contributed by atoms with Gasteiger partial charge in [0.25, 0.3) is 5.91 Å². The standard InChI is InChI=1S/C10H16N2O6/c1-10(2-3-17-6-10)12-9(16)11-7(13)4-18-5-8(14)15/h2-6H2,1H3,(H,14,15)(H2,11,12,13,16). The Hall–Kier alpha value is -1.67. The monoisotopic (exact) mass is 260 g/mol. The molecule has 1 aliphatic heterocycles. The normalized spacial score (nSPS) is 22.5. The second kappa shape index (κ2) is 6.31. The maximum absolute atomic E-state index is 11.4. The first-order valence-electron chi connectivity index (χ1n) is 5.40. The summed E-state index contributed by atoms with van der Waals surface area (Å²) in [6.07, 6.45) is 0.671. The molecule has 0 spiro atoms. The van der Waals surface area contributed by atoms with Crippen molar-refractivity contribution < 1.29 is 29.0 Å². The van der Waals surface area contributed by atoms with E-state index in [2.05, 4.69) is 10.1 Å². The number of nitrogens with one attached hydrogen (secondary N) is 2. The molecule has 0 aromatic rings. The summed E-state index contributed by atoms with van der Waals surface area (Å²) < 4.78 is 9.68. The summed E-state index contributed by atoms with van der Waals surface area (Å²) in [4.78, 5) is 32.8. The van der Waals surface area contributed by atoms with Crippen LogP contribution in [0.5, 0.6) is 0 Å². The van der Waals surface area contributed by atoms with Gasteiger partial charge in [-0.15, -0.1) is 0 Å². The van der Waals surface area contributed by atoms with Crippen LogP contribution in [-0.2, 0) is 19.1 Å². The van der Waals surface area contributed by atoms with Crippen molar-refractivity contribution >= 4 is 17.9 Å². The lowest BCUT2D eigenvalue weighted by Crippen LogP contribution is -2.52. The molecule has 3 N–H and O–H groups in total. The number of carboxylic acids is 1. The number of carbonyl (C=O) groups is 3. The molecule has 8 heteroatoms. The Balaban J connectivity index is 2.23. The molecule has 0 radical (unpaired) electrons. The smallest absolute Gasteiger partial charge is 0.329 e. The summed E-state index contributed by atoms with van der Waals surface area (Å²) in [5.74, 6) is -1.88. The average molecular weight is 260 g/mol. The van der Waals surface area contributed by atoms with Crippen LogP contribution < -0.4 is 10.6 Å². The molecule has 0 aromatic heterocycles. The van der Waals surface area contributed by atoms with Gasteiger partial charge in [0.2, 0.25) is 0 Å². The second-order valence-corrected chi connectivity index (χ2v) is 4.25. The predicted octanol–water partition coefficient (Wildman–Crippen LogP) is -0.908. The number of carboxylic acid groups (broad SMARTS) is 1. The Kier molecular flexibility index (Phi) is 5.05. The van der Waals surface area contributed by atoms with E-state index in [1.165, 1.54) is 0 Å². The van der Waals surface area contributed by atoms with E-state index in [0.717, 1.165) is 0 Å². The van der Waals surface area contributed by atoms with E-state index in [0.29, 0.717) is 19.6 Å². The third-order valence-electron chi connectivity index (χ3n) is 2.35. The number of rotatable bonds is 5. The highest BCUT2D eigenvalue weighted by atomic mass is 16.5. The molecule has 1 saturated heterocycles. The Morgan fingerprint density at radius 2 is 2.11 bits per heavy atom. The van der Waals surface area contributed by atoms with E-state index in [-0.39, 0.29) is 0 Å². The van der Waals surface area contributed by atoms with Crippen LogP contribution in [0.2, 0.25) is 0 Å². The minimum absolute atomic E-state index is 0.393. The summed E-state index contributed by atoms with van der Waals surface area (Å²) in [6, 6.07) is -0.646. The molecule has 102 valence electrons. The molecular formula is C10H16N2O6. The molecule has 3 amide bonds. The van der Waals surface area contributed by atoms with Crippen LogP contribution in [-0.4, -0.2) is 55.0 Å². The first-order valence-corrected chi connectivity index (χ1v) is 5.40. The number of amides is 3. The van der Waals surface area contributed by atoms with Crippen LogP contribution in [0.3, 0.4) is 0 Å². The zero-order chi connectivity index (χ0) is 13.6. The highest BCUT2D eigenvalue weighted by Crippen LogP contribution is 2.16. The van der Waals surface area contributed by atoms with E-state index in [4.69, 9.17) is 9.84 Å². The number of imide groups is 1. The van der Waals surface area contributed by atoms with Gasteiger partial charge in [0, 0.05) is 6.61 Å². The first kappa shape index (κ1) is 14.4. The van der Waals surface area contributed by atoms with Crippen molar-refractivity contribution in [3.05, 3.63) is 0 Å². The van der Waals surface area contributed by atoms with Crippen LogP contribution in [0, 0.1) is 0 Å². The molecular weight excluding hydrogens is 244 g/mol. The predicted molar refractivity (Wildman–Crippen MR) is 59.0 cm³/mol. The summed E-state index contributed by atoms with van der Waals surface area (Å²) in [6.45, 7) is 1.70. The molecule has 1 heterocycles. The molecule has 1 atom stereocenters. The van der Waals surface area contributed by atoms with Gasteiger partial charge in [0.05, 0.1) is 12.1 Å². The van der Waals surface area contributed by atoms with E-state index < -0.39 is 36.7 Å². The van der Waals surface area contributed by atoms with Crippen molar-refractivity contribution in [3.8, 4) is 0 Å². The highest BCUT2D eigenvalue weighted by Gasteiger charge is 2.31. The zero-order valence-corrected chi connectivity index (χ0v) is 10.0. The Bertz CT molecular complexity index is 337. The molecule has 0 saturated carbocycles. The summed E-state index contributed by atoms with van der Waals surface area (Å²) in [5.41, 5.74) is -0.480. The van der Waals surface area contributed by atoms with Gasteiger partial charge in [-0.2, -0.15) is 0 Å². The van der Waals surface area contributed by atoms with Crippen molar-refractivity contribution in [2.75, 3.05) is 26.4 Å². The van der Waals surface area contributed by atoms with E-state index in [9.17, 15) is 14.4 Å². The third kappa shape index (κ3) is 5.11. The molecule has 1 unspecified atom stereocenters. The quantitative estimate of drug-likeness (QED) is 0.590. The van der Waals surface area contributed by atoms with Gasteiger partial charge in [-0.1, -0.05) is 0 Å². The number of hydrogen-bond acceptors (Lipinski definition) is 5. The number of urea groups is 1. The summed E-state index contributed by atoms with van der Waals surface area (Å²) >= 11 is 0. The molecule has 18 heavy (non-hydrogen) atoms. The van der Waals surface area contributed by atoms with Crippen molar-refractivity contribution in [2.45, 2.75) is 18.9 Å². The lowest BCUT2D eigenvalue weighted by molar-refractivity contribution is -0.143. The third-order valence-corrected chi connectivity index (χ3v) is 2.35. The maximum atomic E-state index is 11.4. The highest BCUT2D eigenvalue weighted by molar-refractivity contribution is 5.95. The Labute approximate surface area is 104 Å². The zero-order valence-electron chi connectivity index (χ0n) is 10.0. The van der Waals surface area contributed by atoms with Crippen LogP contribution in [0.4, 0.5) is 4.79 Å². The minimum Gasteiger partial charge on any atom is -0.480 e. The molecule has 1 aliphatic rings. The molecule has 1 fully saturated rings. The van der Waals surface area contributed by atoms with E-state index >= 15 is 0 Å². The van der Waals surface area contributed by atoms with Gasteiger partial charge in [0.15, 0.2) is 0 Å². The molecule has 1 rings (SSSR count). The Morgan fingerprint density at radius 3 is 2.67 bits per heavy atom. The van der Waals surface area contributed by atoms with Gasteiger partial charge in [-0.3, -0.25) is 10.1 Å². The fraction of sp³-hybridized carbons (Fsp3) is 0.700. The number of ether oxygens (including phenoxy) is 2. The summed E-state index contributed by atoms with van der Waals surface area (Å²) in [5, 5.41) is 12.9. The topological polar surface area (TPSA) is 114 Å². The second-order valence-electron chi connectivity index (χ2n) is 4.25. The summed E-state index contributed by atoms with van der Waals surface area (Å²) in [7, 11) is 0. The fourth-order valence-electron chi connectivity index (χ4n) is 1.46. The van der Waals surface area contributed by atoms with E-state index in [1.807, 2.05) is 12.2 Å². The van der Waals surface area contributed by atoms with Crippen LogP contribution >= 0.6 is 0 Å². The maximum Gasteiger partial charge on any atom is 0.329 e. The lowest BCUT2D eigenvalue weighted by atomic mass is 10.0. The molecule has 0 bridgehead atoms. The minimum atomic E-state index is -1.18. The van der Waals surface area contributed by atoms with Crippen molar-refractivity contribution in [3.63, 3.8) is 0 Å². The van der Waals surface area contributed by atoms with Crippen LogP contribution in [0.25, 0.3) is 0 Å². The fourth-order valence-corrected chi connectivity index (χ4v) is 1.46. The number of hydrogen-bond donors (Lipinski definition) is 3. The SMILES string of the molecule is CC1(NC(=O)NC(=O)COCC(=O)O)CCOC1. The van der Waals surface area contributed by atoms with Gasteiger partial charge in [-0.25, -0.2) is 9.59 Å². The lowest BCUT2D eigenvalue weighted by Gasteiger charge is -2.23. The van der Waals surface area contributed by atoms with Crippen LogP contribution in [0.15, 0.2) is 0 Å². The van der Waals surface area contributed by atoms with Gasteiger partial charge >= 0.3 is 12.0 Å². The van der Waals surface area contributed by atoms with Crippen LogP contribution in [0.1, 0.15) is 13.3 Å². The van der Waals surface area contributed by atoms with Crippen molar-refractivity contribution in [1.29, 1.82) is 0 Å². The molecule has 0 aromatic carbocycles. The molecule has 0 aliphatic carbocycles. The largest absolute Gasteiger partial charge is 0.480 e. The number of carbonyl (C=O) groups excluding carboxylic acids is 2. The van der Waals surface area contributed by atoms with Crippen molar-refractivity contribution in [2.24, 2.45) is 0 Å². The van der Waals surface area contributed by atoms with Gasteiger partial charge in [-0.05, 0) is 13.3 Å². The first-order chi connectivity index (χ1) is 8.41. The van der Waals surface area contributed by atoms with Gasteiger partial charge < -0.3 is 19.9 Å².